The topological polar surface area (TPSA) is 45.2 Å². The first-order valence-corrected chi connectivity index (χ1v) is 9.40. The summed E-state index contributed by atoms with van der Waals surface area (Å²) in [5, 5.41) is 3.22. The summed E-state index contributed by atoms with van der Waals surface area (Å²) in [5.41, 5.74) is 3.05. The molecule has 2 rings (SSSR count). The molecule has 0 aromatic carbocycles. The molecule has 1 aliphatic rings. The van der Waals surface area contributed by atoms with Crippen LogP contribution in [-0.2, 0) is 11.2 Å². The summed E-state index contributed by atoms with van der Waals surface area (Å²) in [7, 11) is 2.09. The van der Waals surface area contributed by atoms with Crippen LogP contribution in [0.25, 0.3) is 0 Å². The molecule has 0 aliphatic heterocycles. The second-order valence-electron chi connectivity index (χ2n) is 6.42. The predicted molar refractivity (Wildman–Crippen MR) is 92.3 cm³/mol. The number of aryl methyl sites for hydroxylation is 1. The first-order valence-electron chi connectivity index (χ1n) is 8.52. The van der Waals surface area contributed by atoms with E-state index in [0.717, 1.165) is 38.0 Å². The first-order chi connectivity index (χ1) is 10.6. The number of rotatable bonds is 7. The molecule has 5 heteroatoms. The maximum Gasteiger partial charge on any atom is 0.221 e. The van der Waals surface area contributed by atoms with E-state index in [4.69, 9.17) is 0 Å². The van der Waals surface area contributed by atoms with Gasteiger partial charge in [0.1, 0.15) is 0 Å². The monoisotopic (exact) mass is 323 g/mol. The number of carbonyl (C=O) groups excluding carboxylic acids is 1. The van der Waals surface area contributed by atoms with Crippen molar-refractivity contribution in [1.29, 1.82) is 0 Å². The van der Waals surface area contributed by atoms with Gasteiger partial charge in [-0.15, -0.1) is 11.3 Å². The highest BCUT2D eigenvalue weighted by molar-refractivity contribution is 7.09. The molecule has 0 atom stereocenters. The lowest BCUT2D eigenvalue weighted by molar-refractivity contribution is -0.122. The van der Waals surface area contributed by atoms with Gasteiger partial charge in [0.05, 0.1) is 11.2 Å². The van der Waals surface area contributed by atoms with Crippen molar-refractivity contribution in [2.45, 2.75) is 64.3 Å². The second kappa shape index (κ2) is 9.26. The Morgan fingerprint density at radius 3 is 2.68 bits per heavy atom. The molecule has 1 heterocycles. The number of aromatic nitrogens is 1. The van der Waals surface area contributed by atoms with Crippen LogP contribution in [0.5, 0.6) is 0 Å². The Morgan fingerprint density at radius 2 is 2.05 bits per heavy atom. The number of nitrogens with one attached hydrogen (secondary N) is 1. The third-order valence-corrected chi connectivity index (χ3v) is 5.50. The molecule has 0 bridgehead atoms. The van der Waals surface area contributed by atoms with Gasteiger partial charge in [-0.05, 0) is 33.2 Å². The third kappa shape index (κ3) is 6.05. The Morgan fingerprint density at radius 1 is 1.32 bits per heavy atom. The van der Waals surface area contributed by atoms with E-state index >= 15 is 0 Å². The van der Waals surface area contributed by atoms with Crippen molar-refractivity contribution in [3.63, 3.8) is 0 Å². The minimum atomic E-state index is 0.215. The summed E-state index contributed by atoms with van der Waals surface area (Å²) in [5.74, 6) is 0.215. The number of hydrogen-bond donors (Lipinski definition) is 1. The van der Waals surface area contributed by atoms with Crippen LogP contribution >= 0.6 is 11.3 Å². The maximum atomic E-state index is 12.1. The lowest BCUT2D eigenvalue weighted by atomic mass is 10.1. The Labute approximate surface area is 138 Å². The van der Waals surface area contributed by atoms with Gasteiger partial charge in [0, 0.05) is 30.4 Å². The second-order valence-corrected chi connectivity index (χ2v) is 7.36. The molecule has 0 radical (unpaired) electrons. The van der Waals surface area contributed by atoms with Crippen LogP contribution in [0, 0.1) is 6.92 Å². The van der Waals surface area contributed by atoms with Gasteiger partial charge < -0.3 is 10.2 Å². The molecule has 1 aromatic heterocycles. The molecule has 1 fully saturated rings. The molecule has 1 aliphatic carbocycles. The zero-order valence-corrected chi connectivity index (χ0v) is 14.8. The highest BCUT2D eigenvalue weighted by Crippen LogP contribution is 2.17. The fourth-order valence-electron chi connectivity index (χ4n) is 2.99. The highest BCUT2D eigenvalue weighted by atomic mass is 32.1. The Balaban J connectivity index is 1.61. The molecule has 124 valence electrons. The molecule has 1 aromatic rings. The molecule has 0 saturated heterocycles. The van der Waals surface area contributed by atoms with Crippen LogP contribution in [0.2, 0.25) is 0 Å². The summed E-state index contributed by atoms with van der Waals surface area (Å²) in [6.45, 7) is 3.88. The van der Waals surface area contributed by atoms with Crippen LogP contribution in [0.1, 0.15) is 55.5 Å². The summed E-state index contributed by atoms with van der Waals surface area (Å²) in [6.07, 6.45) is 9.13. The van der Waals surface area contributed by atoms with Crippen molar-refractivity contribution in [2.24, 2.45) is 0 Å². The fourth-order valence-corrected chi connectivity index (χ4v) is 3.76. The number of hydrogen-bond acceptors (Lipinski definition) is 4. The summed E-state index contributed by atoms with van der Waals surface area (Å²) in [6, 6.07) is 0.417. The van der Waals surface area contributed by atoms with Crippen molar-refractivity contribution < 1.29 is 4.79 Å². The Kier molecular flexibility index (Phi) is 7.33. The minimum Gasteiger partial charge on any atom is -0.353 e. The van der Waals surface area contributed by atoms with E-state index < -0.39 is 0 Å². The normalized spacial score (nSPS) is 16.7. The number of thiazole rings is 1. The van der Waals surface area contributed by atoms with Gasteiger partial charge in [-0.2, -0.15) is 0 Å². The molecule has 4 nitrogen and oxygen atoms in total. The van der Waals surface area contributed by atoms with Crippen molar-refractivity contribution in [1.82, 2.24) is 15.2 Å². The fraction of sp³-hybridized carbons (Fsp3) is 0.765. The van der Waals surface area contributed by atoms with Gasteiger partial charge >= 0.3 is 0 Å². The standard InChI is InChI=1S/C17H29N3OS/c1-14-16(22-13-18-14)9-11-20(2)12-10-17(21)19-15-7-5-3-4-6-8-15/h13,15H,3-12H2,1-2H3,(H,19,21). The zero-order valence-electron chi connectivity index (χ0n) is 13.9. The van der Waals surface area contributed by atoms with Gasteiger partial charge in [0.25, 0.3) is 0 Å². The molecular weight excluding hydrogens is 294 g/mol. The van der Waals surface area contributed by atoms with Gasteiger partial charge in [-0.3, -0.25) is 4.79 Å². The van der Waals surface area contributed by atoms with Gasteiger partial charge in [0.15, 0.2) is 0 Å². The van der Waals surface area contributed by atoms with Crippen molar-refractivity contribution in [3.8, 4) is 0 Å². The van der Waals surface area contributed by atoms with E-state index in [-0.39, 0.29) is 5.91 Å². The number of nitrogens with zero attached hydrogens (tertiary/aromatic N) is 2. The average molecular weight is 324 g/mol. The van der Waals surface area contributed by atoms with E-state index in [1.165, 1.54) is 30.6 Å². The van der Waals surface area contributed by atoms with E-state index in [0.29, 0.717) is 12.5 Å². The van der Waals surface area contributed by atoms with E-state index in [9.17, 15) is 4.79 Å². The van der Waals surface area contributed by atoms with Crippen LogP contribution < -0.4 is 5.32 Å². The minimum absolute atomic E-state index is 0.215. The SMILES string of the molecule is Cc1ncsc1CCN(C)CCC(=O)NC1CCCCCC1. The van der Waals surface area contributed by atoms with E-state index in [1.54, 1.807) is 11.3 Å². The van der Waals surface area contributed by atoms with Crippen molar-refractivity contribution in [2.75, 3.05) is 20.1 Å². The molecule has 22 heavy (non-hydrogen) atoms. The van der Waals surface area contributed by atoms with E-state index in [1.807, 2.05) is 5.51 Å². The van der Waals surface area contributed by atoms with Crippen molar-refractivity contribution in [3.05, 3.63) is 16.1 Å². The molecule has 0 unspecified atom stereocenters. The smallest absolute Gasteiger partial charge is 0.221 e. The van der Waals surface area contributed by atoms with Crippen LogP contribution in [0.4, 0.5) is 0 Å². The highest BCUT2D eigenvalue weighted by Gasteiger charge is 2.15. The molecule has 1 saturated carbocycles. The van der Waals surface area contributed by atoms with Crippen LogP contribution in [-0.4, -0.2) is 42.0 Å². The molecule has 1 amide bonds. The molecule has 0 spiro atoms. The Hall–Kier alpha value is -0.940. The van der Waals surface area contributed by atoms with Crippen LogP contribution in [0.15, 0.2) is 5.51 Å². The third-order valence-electron chi connectivity index (χ3n) is 4.51. The quantitative estimate of drug-likeness (QED) is 0.784. The predicted octanol–water partition coefficient (Wildman–Crippen LogP) is 3.15. The average Bonchev–Trinajstić information content (AvgIpc) is 2.74. The molecular formula is C17H29N3OS. The Bertz CT molecular complexity index is 453. The molecule has 1 N–H and O–H groups in total. The van der Waals surface area contributed by atoms with Gasteiger partial charge in [-0.25, -0.2) is 4.98 Å². The van der Waals surface area contributed by atoms with Crippen LogP contribution in [0.3, 0.4) is 0 Å². The number of likely N-dealkylation sites (N-methyl/N-ethyl adjacent to an activating group) is 1. The summed E-state index contributed by atoms with van der Waals surface area (Å²) in [4.78, 5) is 19.9. The largest absolute Gasteiger partial charge is 0.353 e. The number of carbonyl (C=O) groups is 1. The zero-order chi connectivity index (χ0) is 15.8. The first kappa shape index (κ1) is 17.4. The number of amides is 1. The van der Waals surface area contributed by atoms with Gasteiger partial charge in [-0.1, -0.05) is 25.7 Å². The lowest BCUT2D eigenvalue weighted by Crippen LogP contribution is -2.36. The van der Waals surface area contributed by atoms with Gasteiger partial charge in [0.2, 0.25) is 5.91 Å². The van der Waals surface area contributed by atoms with E-state index in [2.05, 4.69) is 29.2 Å². The summed E-state index contributed by atoms with van der Waals surface area (Å²) >= 11 is 1.72. The summed E-state index contributed by atoms with van der Waals surface area (Å²) < 4.78 is 0. The van der Waals surface area contributed by atoms with Crippen molar-refractivity contribution >= 4 is 17.2 Å². The lowest BCUT2D eigenvalue weighted by Gasteiger charge is -2.19. The maximum absolute atomic E-state index is 12.1.